The van der Waals surface area contributed by atoms with Crippen molar-refractivity contribution in [1.82, 2.24) is 10.3 Å². The minimum absolute atomic E-state index is 0.0860. The zero-order valence-electron chi connectivity index (χ0n) is 13.2. The number of anilines is 1. The van der Waals surface area contributed by atoms with Gasteiger partial charge in [-0.1, -0.05) is 29.5 Å². The van der Waals surface area contributed by atoms with Gasteiger partial charge in [-0.15, -0.1) is 11.3 Å². The molecule has 0 saturated carbocycles. The highest BCUT2D eigenvalue weighted by Crippen LogP contribution is 2.27. The number of thiophene rings is 1. The Morgan fingerprint density at radius 1 is 1.21 bits per heavy atom. The Hall–Kier alpha value is -2.25. The monoisotopic (exact) mass is 359 g/mol. The van der Waals surface area contributed by atoms with Gasteiger partial charge in [0, 0.05) is 13.0 Å². The summed E-state index contributed by atoms with van der Waals surface area (Å²) >= 11 is 2.87. The standard InChI is InChI=1S/C17H17N3O2S2/c1-11-5-2-6-12-15(11)20-17(24-12)19-14(21)8-3-9-18-16(22)13-7-4-10-23-13/h2,4-7,10H,3,8-9H2,1H3,(H,18,22)(H,19,20,21). The lowest BCUT2D eigenvalue weighted by atomic mass is 10.2. The number of hydrogen-bond acceptors (Lipinski definition) is 5. The van der Waals surface area contributed by atoms with E-state index in [-0.39, 0.29) is 11.8 Å². The van der Waals surface area contributed by atoms with Crippen LogP contribution in [0.2, 0.25) is 0 Å². The van der Waals surface area contributed by atoms with Crippen LogP contribution in [0.25, 0.3) is 10.2 Å². The van der Waals surface area contributed by atoms with Gasteiger partial charge in [0.1, 0.15) is 0 Å². The van der Waals surface area contributed by atoms with Crippen LogP contribution < -0.4 is 10.6 Å². The lowest BCUT2D eigenvalue weighted by molar-refractivity contribution is -0.116. The molecule has 7 heteroatoms. The van der Waals surface area contributed by atoms with E-state index in [9.17, 15) is 9.59 Å². The summed E-state index contributed by atoms with van der Waals surface area (Å²) in [7, 11) is 0. The second-order valence-electron chi connectivity index (χ2n) is 5.33. The third kappa shape index (κ3) is 3.98. The smallest absolute Gasteiger partial charge is 0.261 e. The van der Waals surface area contributed by atoms with Crippen LogP contribution in [-0.4, -0.2) is 23.3 Å². The third-order valence-corrected chi connectivity index (χ3v) is 5.28. The molecule has 0 bridgehead atoms. The quantitative estimate of drug-likeness (QED) is 0.657. The first-order valence-corrected chi connectivity index (χ1v) is 9.31. The Balaban J connectivity index is 1.45. The van der Waals surface area contributed by atoms with Gasteiger partial charge >= 0.3 is 0 Å². The van der Waals surface area contributed by atoms with Crippen molar-refractivity contribution in [1.29, 1.82) is 0 Å². The number of amides is 2. The molecule has 5 nitrogen and oxygen atoms in total. The van der Waals surface area contributed by atoms with Gasteiger partial charge in [-0.2, -0.15) is 0 Å². The number of thiazole rings is 1. The third-order valence-electron chi connectivity index (χ3n) is 3.48. The van der Waals surface area contributed by atoms with Crippen LogP contribution in [0.4, 0.5) is 5.13 Å². The van der Waals surface area contributed by atoms with Crippen LogP contribution in [0.1, 0.15) is 28.1 Å². The number of benzene rings is 1. The van der Waals surface area contributed by atoms with E-state index < -0.39 is 0 Å². The molecule has 0 atom stereocenters. The first-order chi connectivity index (χ1) is 11.6. The zero-order valence-corrected chi connectivity index (χ0v) is 14.8. The number of rotatable bonds is 6. The maximum atomic E-state index is 12.0. The number of nitrogens with zero attached hydrogens (tertiary/aromatic N) is 1. The Kier molecular flexibility index (Phi) is 5.22. The number of aromatic nitrogens is 1. The molecule has 0 fully saturated rings. The zero-order chi connectivity index (χ0) is 16.9. The summed E-state index contributed by atoms with van der Waals surface area (Å²) < 4.78 is 1.06. The van der Waals surface area contributed by atoms with Crippen molar-refractivity contribution >= 4 is 49.8 Å². The SMILES string of the molecule is Cc1cccc2sc(NC(=O)CCCNC(=O)c3cccs3)nc12. The first kappa shape index (κ1) is 16.6. The number of para-hydroxylation sites is 1. The highest BCUT2D eigenvalue weighted by molar-refractivity contribution is 7.22. The predicted octanol–water partition coefficient (Wildman–Crippen LogP) is 3.81. The van der Waals surface area contributed by atoms with E-state index >= 15 is 0 Å². The molecule has 3 aromatic rings. The molecule has 0 aliphatic heterocycles. The van der Waals surface area contributed by atoms with Gasteiger partial charge in [0.05, 0.1) is 15.1 Å². The Bertz CT molecular complexity index is 856. The molecule has 0 saturated heterocycles. The normalized spacial score (nSPS) is 10.7. The van der Waals surface area contributed by atoms with Gasteiger partial charge < -0.3 is 10.6 Å². The molecule has 2 N–H and O–H groups in total. The molecule has 124 valence electrons. The maximum absolute atomic E-state index is 12.0. The molecular formula is C17H17N3O2S2. The summed E-state index contributed by atoms with van der Waals surface area (Å²) in [5.41, 5.74) is 2.03. The summed E-state index contributed by atoms with van der Waals surface area (Å²) in [4.78, 5) is 28.9. The van der Waals surface area contributed by atoms with Gasteiger partial charge in [0.2, 0.25) is 5.91 Å². The van der Waals surface area contributed by atoms with Gasteiger partial charge in [-0.05, 0) is 36.4 Å². The fourth-order valence-corrected chi connectivity index (χ4v) is 3.87. The molecule has 0 unspecified atom stereocenters. The largest absolute Gasteiger partial charge is 0.351 e. The fraction of sp³-hybridized carbons (Fsp3) is 0.235. The van der Waals surface area contributed by atoms with E-state index in [0.29, 0.717) is 29.4 Å². The van der Waals surface area contributed by atoms with E-state index in [1.807, 2.05) is 36.6 Å². The number of aryl methyl sites for hydroxylation is 1. The van der Waals surface area contributed by atoms with E-state index in [4.69, 9.17) is 0 Å². The minimum Gasteiger partial charge on any atom is -0.351 e. The van der Waals surface area contributed by atoms with Crippen molar-refractivity contribution in [3.63, 3.8) is 0 Å². The van der Waals surface area contributed by atoms with Crippen LogP contribution in [0.15, 0.2) is 35.7 Å². The average molecular weight is 359 g/mol. The molecule has 2 amide bonds. The topological polar surface area (TPSA) is 71.1 Å². The predicted molar refractivity (Wildman–Crippen MR) is 98.9 cm³/mol. The molecule has 1 aromatic carbocycles. The Morgan fingerprint density at radius 3 is 2.83 bits per heavy atom. The van der Waals surface area contributed by atoms with E-state index in [1.54, 1.807) is 6.07 Å². The van der Waals surface area contributed by atoms with Crippen LogP contribution in [-0.2, 0) is 4.79 Å². The maximum Gasteiger partial charge on any atom is 0.261 e. The average Bonchev–Trinajstić information content (AvgIpc) is 3.21. The molecule has 24 heavy (non-hydrogen) atoms. The lowest BCUT2D eigenvalue weighted by Crippen LogP contribution is -2.24. The van der Waals surface area contributed by atoms with Gasteiger partial charge in [-0.3, -0.25) is 9.59 Å². The van der Waals surface area contributed by atoms with Crippen molar-refractivity contribution in [2.75, 3.05) is 11.9 Å². The Morgan fingerprint density at radius 2 is 2.08 bits per heavy atom. The van der Waals surface area contributed by atoms with Gasteiger partial charge in [0.25, 0.3) is 5.91 Å². The van der Waals surface area contributed by atoms with Crippen molar-refractivity contribution in [2.24, 2.45) is 0 Å². The summed E-state index contributed by atoms with van der Waals surface area (Å²) in [6.07, 6.45) is 0.937. The van der Waals surface area contributed by atoms with Crippen molar-refractivity contribution in [3.8, 4) is 0 Å². The Labute approximate surface area is 147 Å². The number of carbonyl (C=O) groups is 2. The second-order valence-corrected chi connectivity index (χ2v) is 7.30. The van der Waals surface area contributed by atoms with E-state index in [2.05, 4.69) is 15.6 Å². The van der Waals surface area contributed by atoms with E-state index in [0.717, 1.165) is 15.8 Å². The van der Waals surface area contributed by atoms with Gasteiger partial charge in [0.15, 0.2) is 5.13 Å². The highest BCUT2D eigenvalue weighted by Gasteiger charge is 2.10. The summed E-state index contributed by atoms with van der Waals surface area (Å²) in [6, 6.07) is 9.60. The van der Waals surface area contributed by atoms with Crippen LogP contribution in [0.3, 0.4) is 0 Å². The summed E-state index contributed by atoms with van der Waals surface area (Å²) in [6.45, 7) is 2.48. The number of nitrogens with one attached hydrogen (secondary N) is 2. The number of carbonyl (C=O) groups excluding carboxylic acids is 2. The second kappa shape index (κ2) is 7.55. The van der Waals surface area contributed by atoms with Gasteiger partial charge in [-0.25, -0.2) is 4.98 Å². The van der Waals surface area contributed by atoms with Crippen molar-refractivity contribution in [3.05, 3.63) is 46.2 Å². The van der Waals surface area contributed by atoms with E-state index in [1.165, 1.54) is 22.7 Å². The van der Waals surface area contributed by atoms with Crippen LogP contribution in [0.5, 0.6) is 0 Å². The van der Waals surface area contributed by atoms with Crippen molar-refractivity contribution in [2.45, 2.75) is 19.8 Å². The molecule has 0 radical (unpaired) electrons. The highest BCUT2D eigenvalue weighted by atomic mass is 32.1. The van der Waals surface area contributed by atoms with Crippen LogP contribution in [0, 0.1) is 6.92 Å². The molecule has 0 spiro atoms. The summed E-state index contributed by atoms with van der Waals surface area (Å²) in [5, 5.41) is 8.12. The molecule has 0 aliphatic rings. The number of fused-ring (bicyclic) bond motifs is 1. The summed E-state index contributed by atoms with van der Waals surface area (Å²) in [5.74, 6) is -0.177. The molecule has 2 heterocycles. The molecular weight excluding hydrogens is 342 g/mol. The molecule has 2 aromatic heterocycles. The molecule has 0 aliphatic carbocycles. The number of hydrogen-bond donors (Lipinski definition) is 2. The lowest BCUT2D eigenvalue weighted by Gasteiger charge is -2.03. The first-order valence-electron chi connectivity index (χ1n) is 7.61. The minimum atomic E-state index is -0.0907. The van der Waals surface area contributed by atoms with Crippen molar-refractivity contribution < 1.29 is 9.59 Å². The van der Waals surface area contributed by atoms with Crippen LogP contribution >= 0.6 is 22.7 Å². The fourth-order valence-electron chi connectivity index (χ4n) is 2.27. The molecule has 3 rings (SSSR count).